The topological polar surface area (TPSA) is 95.3 Å². The first-order valence-electron chi connectivity index (χ1n) is 12.2. The number of aromatic nitrogens is 2. The smallest absolute Gasteiger partial charge is 0.254 e. The number of fused-ring (bicyclic) bond motifs is 1. The Morgan fingerprint density at radius 3 is 2.71 bits per heavy atom. The Morgan fingerprint density at radius 1 is 1.18 bits per heavy atom. The van der Waals surface area contributed by atoms with Crippen molar-refractivity contribution in [3.8, 4) is 11.3 Å². The fraction of sp³-hybridized carbons (Fsp3) is 0.444. The van der Waals surface area contributed by atoms with Crippen molar-refractivity contribution in [3.05, 3.63) is 57.4 Å². The summed E-state index contributed by atoms with van der Waals surface area (Å²) < 4.78 is 0. The molecule has 2 aromatic heterocycles. The van der Waals surface area contributed by atoms with Crippen molar-refractivity contribution < 1.29 is 4.79 Å². The van der Waals surface area contributed by atoms with E-state index in [0.717, 1.165) is 29.9 Å². The molecule has 4 heterocycles. The van der Waals surface area contributed by atoms with Crippen molar-refractivity contribution in [2.45, 2.75) is 46.1 Å². The van der Waals surface area contributed by atoms with Crippen molar-refractivity contribution in [3.63, 3.8) is 0 Å². The van der Waals surface area contributed by atoms with Crippen molar-refractivity contribution in [1.82, 2.24) is 14.9 Å². The third-order valence-electron chi connectivity index (χ3n) is 7.56. The molecule has 0 radical (unpaired) electrons. The van der Waals surface area contributed by atoms with Gasteiger partial charge in [-0.15, -0.1) is 0 Å². The zero-order valence-electron chi connectivity index (χ0n) is 20.2. The van der Waals surface area contributed by atoms with E-state index in [1.807, 2.05) is 19.9 Å². The number of nitrogens with one attached hydrogen (secondary N) is 1. The van der Waals surface area contributed by atoms with E-state index in [1.54, 1.807) is 12.1 Å². The van der Waals surface area contributed by atoms with Gasteiger partial charge in [-0.25, -0.2) is 4.98 Å². The molecule has 1 amide bonds. The first-order chi connectivity index (χ1) is 16.3. The van der Waals surface area contributed by atoms with E-state index >= 15 is 0 Å². The van der Waals surface area contributed by atoms with Crippen LogP contribution in [0.4, 0.5) is 5.69 Å². The largest absolute Gasteiger partial charge is 0.371 e. The molecule has 7 nitrogen and oxygen atoms in total. The molecule has 5 rings (SSSR count). The molecule has 2 atom stereocenters. The summed E-state index contributed by atoms with van der Waals surface area (Å²) in [5.74, 6) is -0.0473. The minimum Gasteiger partial charge on any atom is -0.371 e. The van der Waals surface area contributed by atoms with E-state index in [4.69, 9.17) is 5.73 Å². The van der Waals surface area contributed by atoms with Crippen LogP contribution in [0.1, 0.15) is 47.8 Å². The summed E-state index contributed by atoms with van der Waals surface area (Å²) in [6, 6.07) is 10.4. The van der Waals surface area contributed by atoms with Crippen LogP contribution >= 0.6 is 0 Å². The Balaban J connectivity index is 1.45. The highest BCUT2D eigenvalue weighted by Gasteiger charge is 2.29. The summed E-state index contributed by atoms with van der Waals surface area (Å²) in [7, 11) is 0. The third kappa shape index (κ3) is 4.09. The maximum Gasteiger partial charge on any atom is 0.254 e. The molecule has 1 aromatic carbocycles. The number of carbonyl (C=O) groups is 1. The lowest BCUT2D eigenvalue weighted by atomic mass is 9.98. The average Bonchev–Trinajstić information content (AvgIpc) is 3.42. The normalized spacial score (nSPS) is 21.0. The first kappa shape index (κ1) is 22.6. The number of primary amides is 1. The number of carbonyl (C=O) groups excluding carboxylic acids is 1. The molecule has 178 valence electrons. The minimum atomic E-state index is -0.735. The maximum atomic E-state index is 13.1. The molecule has 2 saturated heterocycles. The number of hydrogen-bond acceptors (Lipinski definition) is 5. The predicted octanol–water partition coefficient (Wildman–Crippen LogP) is 3.62. The van der Waals surface area contributed by atoms with Gasteiger partial charge >= 0.3 is 0 Å². The Hall–Kier alpha value is -3.19. The van der Waals surface area contributed by atoms with Crippen LogP contribution in [0, 0.1) is 19.8 Å². The summed E-state index contributed by atoms with van der Waals surface area (Å²) in [6.07, 6.45) is 3.84. The van der Waals surface area contributed by atoms with Crippen LogP contribution in [0.2, 0.25) is 0 Å². The van der Waals surface area contributed by atoms with Crippen molar-refractivity contribution in [2.24, 2.45) is 11.7 Å². The first-order valence-corrected chi connectivity index (χ1v) is 12.2. The van der Waals surface area contributed by atoms with Gasteiger partial charge in [0.2, 0.25) is 5.43 Å². The second-order valence-electron chi connectivity index (χ2n) is 10.0. The number of rotatable bonds is 5. The predicted molar refractivity (Wildman–Crippen MR) is 136 cm³/mol. The number of benzene rings is 1. The third-order valence-corrected chi connectivity index (χ3v) is 7.56. The number of hydrogen-bond donors (Lipinski definition) is 2. The van der Waals surface area contributed by atoms with Gasteiger partial charge in [0, 0.05) is 42.6 Å². The average molecular weight is 460 g/mol. The zero-order valence-corrected chi connectivity index (χ0v) is 20.2. The molecule has 34 heavy (non-hydrogen) atoms. The number of anilines is 1. The second kappa shape index (κ2) is 8.87. The lowest BCUT2D eigenvalue weighted by Gasteiger charge is -2.25. The van der Waals surface area contributed by atoms with Gasteiger partial charge in [-0.2, -0.15) is 0 Å². The quantitative estimate of drug-likeness (QED) is 0.608. The minimum absolute atomic E-state index is 0.0185. The molecule has 2 fully saturated rings. The Labute approximate surface area is 200 Å². The Kier molecular flexibility index (Phi) is 5.90. The van der Waals surface area contributed by atoms with E-state index in [9.17, 15) is 9.59 Å². The van der Waals surface area contributed by atoms with Crippen molar-refractivity contribution in [2.75, 3.05) is 31.1 Å². The lowest BCUT2D eigenvalue weighted by molar-refractivity contribution is 0.1000. The van der Waals surface area contributed by atoms with Crippen LogP contribution in [-0.4, -0.2) is 53.0 Å². The van der Waals surface area contributed by atoms with E-state index in [0.29, 0.717) is 28.7 Å². The number of H-pyrrole nitrogens is 1. The molecule has 0 saturated carbocycles. The molecule has 2 aliphatic heterocycles. The number of aryl methyl sites for hydroxylation is 2. The summed E-state index contributed by atoms with van der Waals surface area (Å²) in [6.45, 7) is 10.7. The number of likely N-dealkylation sites (tertiary alicyclic amines) is 1. The van der Waals surface area contributed by atoms with Crippen LogP contribution in [-0.2, 0) is 0 Å². The summed E-state index contributed by atoms with van der Waals surface area (Å²) in [5, 5.41) is 0.368. The van der Waals surface area contributed by atoms with Gasteiger partial charge in [0.25, 0.3) is 5.91 Å². The lowest BCUT2D eigenvalue weighted by Crippen LogP contribution is -2.33. The number of pyridine rings is 2. The maximum absolute atomic E-state index is 13.1. The van der Waals surface area contributed by atoms with Crippen LogP contribution in [0.25, 0.3) is 22.3 Å². The monoisotopic (exact) mass is 459 g/mol. The highest BCUT2D eigenvalue weighted by Crippen LogP contribution is 2.32. The Morgan fingerprint density at radius 2 is 2.00 bits per heavy atom. The van der Waals surface area contributed by atoms with E-state index in [1.165, 1.54) is 38.0 Å². The van der Waals surface area contributed by atoms with E-state index in [2.05, 4.69) is 38.8 Å². The molecule has 2 unspecified atom stereocenters. The van der Waals surface area contributed by atoms with E-state index < -0.39 is 5.91 Å². The van der Waals surface area contributed by atoms with Crippen LogP contribution in [0.15, 0.2) is 35.1 Å². The van der Waals surface area contributed by atoms with Gasteiger partial charge in [-0.1, -0.05) is 6.07 Å². The van der Waals surface area contributed by atoms with Crippen LogP contribution in [0.3, 0.4) is 0 Å². The highest BCUT2D eigenvalue weighted by atomic mass is 16.2. The van der Waals surface area contributed by atoms with Gasteiger partial charge in [0.05, 0.1) is 11.1 Å². The number of nitrogens with zero attached hydrogens (tertiary/aromatic N) is 3. The molecular formula is C27H33N5O2. The number of aromatic amines is 1. The molecule has 3 N–H and O–H groups in total. The molecule has 3 aromatic rings. The highest BCUT2D eigenvalue weighted by molar-refractivity contribution is 6.02. The van der Waals surface area contributed by atoms with Crippen LogP contribution in [0.5, 0.6) is 0 Å². The molecule has 0 spiro atoms. The molecule has 7 heteroatoms. The van der Waals surface area contributed by atoms with Gasteiger partial charge in [0.15, 0.2) is 0 Å². The van der Waals surface area contributed by atoms with E-state index in [-0.39, 0.29) is 11.0 Å². The zero-order chi connectivity index (χ0) is 24.0. The fourth-order valence-electron chi connectivity index (χ4n) is 5.64. The van der Waals surface area contributed by atoms with Gasteiger partial charge < -0.3 is 20.5 Å². The molecular weight excluding hydrogens is 426 g/mol. The molecule has 0 bridgehead atoms. The molecule has 2 aliphatic rings. The van der Waals surface area contributed by atoms with Gasteiger partial charge in [-0.05, 0) is 82.3 Å². The van der Waals surface area contributed by atoms with Crippen molar-refractivity contribution in [1.29, 1.82) is 0 Å². The van der Waals surface area contributed by atoms with Crippen molar-refractivity contribution >= 4 is 22.6 Å². The fourth-order valence-corrected chi connectivity index (χ4v) is 5.64. The standard InChI is InChI=1S/C27H33N5O2/c1-16-13-20(32-12-10-19(15-32)14-31-11-4-5-18(31)3)7-9-21(16)24-23(26(28)34)25(33)22-8-6-17(2)29-27(22)30-24/h6-9,13,18-19H,4-5,10-12,14-15H2,1-3H3,(H2,28,34)(H,29,30,33). The van der Waals surface area contributed by atoms with Gasteiger partial charge in [-0.3, -0.25) is 9.59 Å². The Bertz CT molecular complexity index is 1310. The summed E-state index contributed by atoms with van der Waals surface area (Å²) in [5.41, 5.74) is 9.90. The summed E-state index contributed by atoms with van der Waals surface area (Å²) >= 11 is 0. The number of amides is 1. The SMILES string of the molecule is Cc1ccc2c(=O)c(C(N)=O)c(-c3ccc(N4CCC(CN5CCCC5C)C4)cc3C)[nH]c2n1. The second-order valence-corrected chi connectivity index (χ2v) is 10.0. The molecule has 0 aliphatic carbocycles. The van der Waals surface area contributed by atoms with Crippen LogP contribution < -0.4 is 16.1 Å². The van der Waals surface area contributed by atoms with Gasteiger partial charge in [0.1, 0.15) is 11.2 Å². The summed E-state index contributed by atoms with van der Waals surface area (Å²) in [4.78, 5) is 38.2. The number of nitrogens with two attached hydrogens (primary N) is 1.